The number of benzene rings is 2. The van der Waals surface area contributed by atoms with Crippen LogP contribution < -0.4 is 20.1 Å². The van der Waals surface area contributed by atoms with Crippen molar-refractivity contribution in [1.29, 1.82) is 0 Å². The van der Waals surface area contributed by atoms with Crippen LogP contribution in [-0.2, 0) is 4.79 Å². The number of hydrogen-bond acceptors (Lipinski definition) is 5. The Morgan fingerprint density at radius 3 is 2.41 bits per heavy atom. The minimum atomic E-state index is -1.12. The SMILES string of the molecule is COc1ccc(C(=O)Nc2ccc(C(=O)NCC(=O)O)cc2)c(OCC2CC2)c1. The second kappa shape index (κ2) is 9.09. The fourth-order valence-electron chi connectivity index (χ4n) is 2.59. The average molecular weight is 398 g/mol. The molecule has 0 spiro atoms. The van der Waals surface area contributed by atoms with Crippen LogP contribution in [-0.4, -0.2) is 43.2 Å². The maximum absolute atomic E-state index is 12.7. The van der Waals surface area contributed by atoms with E-state index in [0.717, 1.165) is 12.8 Å². The van der Waals surface area contributed by atoms with Gasteiger partial charge in [0.05, 0.1) is 19.3 Å². The molecule has 2 amide bonds. The van der Waals surface area contributed by atoms with Crippen molar-refractivity contribution >= 4 is 23.5 Å². The monoisotopic (exact) mass is 398 g/mol. The lowest BCUT2D eigenvalue weighted by Gasteiger charge is -2.13. The molecule has 1 saturated carbocycles. The third kappa shape index (κ3) is 5.71. The van der Waals surface area contributed by atoms with Crippen LogP contribution in [0.5, 0.6) is 11.5 Å². The molecule has 0 bridgehead atoms. The number of ether oxygens (including phenoxy) is 2. The zero-order valence-electron chi connectivity index (χ0n) is 15.9. The van der Waals surface area contributed by atoms with Gasteiger partial charge in [-0.25, -0.2) is 0 Å². The number of carbonyl (C=O) groups is 3. The Morgan fingerprint density at radius 1 is 1.07 bits per heavy atom. The van der Waals surface area contributed by atoms with Crippen molar-refractivity contribution in [2.45, 2.75) is 12.8 Å². The molecule has 29 heavy (non-hydrogen) atoms. The molecule has 0 unspecified atom stereocenters. The van der Waals surface area contributed by atoms with Gasteiger partial charge in [-0.2, -0.15) is 0 Å². The van der Waals surface area contributed by atoms with Crippen LogP contribution in [0.1, 0.15) is 33.6 Å². The normalized spacial score (nSPS) is 12.7. The number of hydrogen-bond donors (Lipinski definition) is 3. The molecule has 1 aliphatic carbocycles. The second-order valence-corrected chi connectivity index (χ2v) is 6.72. The van der Waals surface area contributed by atoms with Crippen molar-refractivity contribution in [2.24, 2.45) is 5.92 Å². The molecule has 1 fully saturated rings. The van der Waals surface area contributed by atoms with Crippen LogP contribution in [0, 0.1) is 5.92 Å². The fourth-order valence-corrected chi connectivity index (χ4v) is 2.59. The summed E-state index contributed by atoms with van der Waals surface area (Å²) in [5, 5.41) is 13.7. The Morgan fingerprint density at radius 2 is 1.79 bits per heavy atom. The molecule has 0 atom stereocenters. The molecule has 2 aromatic rings. The molecular formula is C21H22N2O6. The van der Waals surface area contributed by atoms with E-state index in [1.54, 1.807) is 37.4 Å². The lowest BCUT2D eigenvalue weighted by molar-refractivity contribution is -0.135. The molecule has 0 radical (unpaired) electrons. The highest BCUT2D eigenvalue weighted by molar-refractivity contribution is 6.06. The molecule has 0 heterocycles. The number of anilines is 1. The van der Waals surface area contributed by atoms with Gasteiger partial charge in [-0.3, -0.25) is 14.4 Å². The third-order valence-electron chi connectivity index (χ3n) is 4.41. The van der Waals surface area contributed by atoms with Gasteiger partial charge in [0.25, 0.3) is 11.8 Å². The van der Waals surface area contributed by atoms with Crippen LogP contribution in [0.4, 0.5) is 5.69 Å². The van der Waals surface area contributed by atoms with Crippen LogP contribution in [0.2, 0.25) is 0 Å². The standard InChI is InChI=1S/C21H22N2O6/c1-28-16-8-9-17(18(10-16)29-12-13-2-3-13)21(27)23-15-6-4-14(5-7-15)20(26)22-11-19(24)25/h4-10,13H,2-3,11-12H2,1H3,(H,22,26)(H,23,27)(H,24,25). The lowest BCUT2D eigenvalue weighted by Crippen LogP contribution is -2.29. The molecule has 2 aromatic carbocycles. The van der Waals surface area contributed by atoms with Gasteiger partial charge in [0.2, 0.25) is 0 Å². The summed E-state index contributed by atoms with van der Waals surface area (Å²) < 4.78 is 11.0. The Balaban J connectivity index is 1.67. The molecule has 0 saturated heterocycles. The molecule has 1 aliphatic rings. The topological polar surface area (TPSA) is 114 Å². The quantitative estimate of drug-likeness (QED) is 0.598. The summed E-state index contributed by atoms with van der Waals surface area (Å²) in [4.78, 5) is 35.1. The van der Waals surface area contributed by atoms with Gasteiger partial charge < -0.3 is 25.2 Å². The molecule has 3 rings (SSSR count). The van der Waals surface area contributed by atoms with Gasteiger partial charge in [-0.05, 0) is 55.2 Å². The predicted molar refractivity (Wildman–Crippen MR) is 106 cm³/mol. The maximum atomic E-state index is 12.7. The minimum Gasteiger partial charge on any atom is -0.497 e. The summed E-state index contributed by atoms with van der Waals surface area (Å²) in [5.74, 6) is -0.376. The van der Waals surface area contributed by atoms with Gasteiger partial charge in [-0.1, -0.05) is 0 Å². The van der Waals surface area contributed by atoms with E-state index in [-0.39, 0.29) is 5.91 Å². The van der Waals surface area contributed by atoms with Crippen LogP contribution >= 0.6 is 0 Å². The van der Waals surface area contributed by atoms with E-state index in [4.69, 9.17) is 14.6 Å². The Labute approximate surface area is 167 Å². The fraction of sp³-hybridized carbons (Fsp3) is 0.286. The lowest BCUT2D eigenvalue weighted by atomic mass is 10.1. The van der Waals surface area contributed by atoms with Gasteiger partial charge in [0.1, 0.15) is 18.0 Å². The summed E-state index contributed by atoms with van der Waals surface area (Å²) in [6, 6.07) is 11.2. The Bertz CT molecular complexity index is 906. The molecule has 0 aromatic heterocycles. The first-order valence-electron chi connectivity index (χ1n) is 9.18. The van der Waals surface area contributed by atoms with Crippen molar-refractivity contribution in [2.75, 3.05) is 25.6 Å². The van der Waals surface area contributed by atoms with E-state index >= 15 is 0 Å². The number of aliphatic carboxylic acids is 1. The number of rotatable bonds is 9. The van der Waals surface area contributed by atoms with E-state index in [1.165, 1.54) is 12.1 Å². The summed E-state index contributed by atoms with van der Waals surface area (Å²) in [5.41, 5.74) is 1.17. The van der Waals surface area contributed by atoms with Crippen LogP contribution in [0.15, 0.2) is 42.5 Å². The van der Waals surface area contributed by atoms with E-state index < -0.39 is 18.4 Å². The summed E-state index contributed by atoms with van der Waals surface area (Å²) >= 11 is 0. The predicted octanol–water partition coefficient (Wildman–Crippen LogP) is 2.55. The molecule has 0 aliphatic heterocycles. The van der Waals surface area contributed by atoms with Crippen LogP contribution in [0.25, 0.3) is 0 Å². The first kappa shape index (κ1) is 20.2. The number of amides is 2. The van der Waals surface area contributed by atoms with E-state index in [9.17, 15) is 14.4 Å². The highest BCUT2D eigenvalue weighted by Crippen LogP contribution is 2.32. The van der Waals surface area contributed by atoms with E-state index in [0.29, 0.717) is 40.8 Å². The van der Waals surface area contributed by atoms with Crippen LogP contribution in [0.3, 0.4) is 0 Å². The summed E-state index contributed by atoms with van der Waals surface area (Å²) in [6.45, 7) is 0.103. The number of carboxylic acids is 1. The second-order valence-electron chi connectivity index (χ2n) is 6.72. The largest absolute Gasteiger partial charge is 0.497 e. The summed E-state index contributed by atoms with van der Waals surface area (Å²) in [7, 11) is 1.55. The molecular weight excluding hydrogens is 376 g/mol. The van der Waals surface area contributed by atoms with E-state index in [1.807, 2.05) is 0 Å². The third-order valence-corrected chi connectivity index (χ3v) is 4.41. The van der Waals surface area contributed by atoms with Crippen molar-refractivity contribution in [3.63, 3.8) is 0 Å². The smallest absolute Gasteiger partial charge is 0.322 e. The zero-order chi connectivity index (χ0) is 20.8. The van der Waals surface area contributed by atoms with Crippen molar-refractivity contribution in [1.82, 2.24) is 5.32 Å². The van der Waals surface area contributed by atoms with Gasteiger partial charge >= 0.3 is 5.97 Å². The highest BCUT2D eigenvalue weighted by atomic mass is 16.5. The van der Waals surface area contributed by atoms with Crippen molar-refractivity contribution in [3.05, 3.63) is 53.6 Å². The molecule has 3 N–H and O–H groups in total. The zero-order valence-corrected chi connectivity index (χ0v) is 15.9. The van der Waals surface area contributed by atoms with Gasteiger partial charge in [0, 0.05) is 17.3 Å². The molecule has 8 heteroatoms. The molecule has 152 valence electrons. The van der Waals surface area contributed by atoms with Crippen molar-refractivity contribution < 1.29 is 29.0 Å². The first-order chi connectivity index (χ1) is 14.0. The first-order valence-corrected chi connectivity index (χ1v) is 9.18. The maximum Gasteiger partial charge on any atom is 0.322 e. The number of methoxy groups -OCH3 is 1. The summed E-state index contributed by atoms with van der Waals surface area (Å²) in [6.07, 6.45) is 2.27. The Kier molecular flexibility index (Phi) is 6.33. The number of carboxylic acid groups (broad SMARTS) is 1. The average Bonchev–Trinajstić information content (AvgIpc) is 3.55. The number of carbonyl (C=O) groups excluding carboxylic acids is 2. The van der Waals surface area contributed by atoms with Gasteiger partial charge in [-0.15, -0.1) is 0 Å². The molecule has 8 nitrogen and oxygen atoms in total. The van der Waals surface area contributed by atoms with Gasteiger partial charge in [0.15, 0.2) is 0 Å². The minimum absolute atomic E-state index is 0.294. The highest BCUT2D eigenvalue weighted by Gasteiger charge is 2.23. The van der Waals surface area contributed by atoms with Crippen molar-refractivity contribution in [3.8, 4) is 11.5 Å². The Hall–Kier alpha value is -3.55. The van der Waals surface area contributed by atoms with E-state index in [2.05, 4.69) is 10.6 Å². The number of nitrogens with one attached hydrogen (secondary N) is 2.